The lowest BCUT2D eigenvalue weighted by molar-refractivity contribution is -0.142. The van der Waals surface area contributed by atoms with Crippen LogP contribution in [0.1, 0.15) is 73.6 Å². The predicted octanol–water partition coefficient (Wildman–Crippen LogP) is 1.65. The molecular formula is C20H41N3O7. The lowest BCUT2D eigenvalue weighted by atomic mass is 10.0. The van der Waals surface area contributed by atoms with Crippen molar-refractivity contribution in [3.05, 3.63) is 0 Å². The zero-order chi connectivity index (χ0) is 24.4. The van der Waals surface area contributed by atoms with Crippen molar-refractivity contribution >= 4 is 23.8 Å². The minimum Gasteiger partial charge on any atom is -0.480 e. The van der Waals surface area contributed by atoms with Gasteiger partial charge in [-0.05, 0) is 31.1 Å². The van der Waals surface area contributed by atoms with Crippen LogP contribution in [-0.4, -0.2) is 57.3 Å². The Morgan fingerprint density at radius 3 is 1.47 bits per heavy atom. The van der Waals surface area contributed by atoms with Crippen LogP contribution >= 0.6 is 0 Å². The van der Waals surface area contributed by atoms with E-state index >= 15 is 0 Å². The van der Waals surface area contributed by atoms with E-state index in [2.05, 4.69) is 5.32 Å². The average molecular weight is 436 g/mol. The highest BCUT2D eigenvalue weighted by Crippen LogP contribution is 2.04. The molecule has 0 bridgehead atoms. The molecule has 1 amide bonds. The molecule has 0 aromatic carbocycles. The molecule has 0 saturated carbocycles. The first-order valence-electron chi connectivity index (χ1n) is 10.1. The molecule has 178 valence electrons. The normalized spacial score (nSPS) is 13.1. The molecular weight excluding hydrogens is 394 g/mol. The van der Waals surface area contributed by atoms with Gasteiger partial charge in [-0.25, -0.2) is 4.79 Å². The summed E-state index contributed by atoms with van der Waals surface area (Å²) in [5, 5.41) is 27.6. The van der Waals surface area contributed by atoms with Crippen molar-refractivity contribution in [2.45, 2.75) is 91.8 Å². The van der Waals surface area contributed by atoms with Gasteiger partial charge in [-0.2, -0.15) is 0 Å². The molecule has 0 saturated heterocycles. The summed E-state index contributed by atoms with van der Waals surface area (Å²) in [6.45, 7) is 11.0. The third kappa shape index (κ3) is 23.8. The van der Waals surface area contributed by atoms with Gasteiger partial charge in [-0.15, -0.1) is 0 Å². The molecule has 30 heavy (non-hydrogen) atoms. The van der Waals surface area contributed by atoms with Crippen LogP contribution < -0.4 is 16.8 Å². The highest BCUT2D eigenvalue weighted by Gasteiger charge is 2.19. The average Bonchev–Trinajstić information content (AvgIpc) is 2.58. The molecule has 0 aromatic heterocycles. The van der Waals surface area contributed by atoms with Gasteiger partial charge >= 0.3 is 17.9 Å². The monoisotopic (exact) mass is 435 g/mol. The van der Waals surface area contributed by atoms with Gasteiger partial charge in [-0.1, -0.05) is 47.5 Å². The third-order valence-corrected chi connectivity index (χ3v) is 3.61. The second kappa shape index (κ2) is 18.8. The highest BCUT2D eigenvalue weighted by atomic mass is 16.4. The van der Waals surface area contributed by atoms with E-state index in [1.54, 1.807) is 0 Å². The molecule has 0 aliphatic heterocycles. The van der Waals surface area contributed by atoms with Gasteiger partial charge in [0.2, 0.25) is 5.91 Å². The van der Waals surface area contributed by atoms with Gasteiger partial charge in [0.05, 0.1) is 0 Å². The second-order valence-electron chi connectivity index (χ2n) is 7.88. The van der Waals surface area contributed by atoms with Crippen LogP contribution in [-0.2, 0) is 19.2 Å². The minimum absolute atomic E-state index is 0.262. The third-order valence-electron chi connectivity index (χ3n) is 3.61. The number of nitrogens with two attached hydrogens (primary N) is 2. The van der Waals surface area contributed by atoms with Crippen molar-refractivity contribution in [2.75, 3.05) is 0 Å². The number of carboxylic acids is 3. The van der Waals surface area contributed by atoms with Crippen molar-refractivity contribution < 1.29 is 34.5 Å². The molecule has 0 rings (SSSR count). The van der Waals surface area contributed by atoms with E-state index in [9.17, 15) is 19.2 Å². The summed E-state index contributed by atoms with van der Waals surface area (Å²) in [6.07, 6.45) is 3.50. The van der Waals surface area contributed by atoms with Crippen LogP contribution in [0, 0.1) is 11.8 Å². The molecule has 10 nitrogen and oxygen atoms in total. The predicted molar refractivity (Wildman–Crippen MR) is 115 cm³/mol. The molecule has 0 aromatic rings. The van der Waals surface area contributed by atoms with E-state index in [0.717, 1.165) is 12.8 Å². The quantitative estimate of drug-likeness (QED) is 0.280. The van der Waals surface area contributed by atoms with Crippen LogP contribution in [0.5, 0.6) is 0 Å². The first-order valence-corrected chi connectivity index (χ1v) is 10.1. The molecule has 0 aliphatic rings. The van der Waals surface area contributed by atoms with Gasteiger partial charge < -0.3 is 32.1 Å². The number of aliphatic carboxylic acids is 3. The highest BCUT2D eigenvalue weighted by molar-refractivity contribution is 5.82. The fraction of sp³-hybridized carbons (Fsp3) is 0.800. The molecule has 0 heterocycles. The number of amides is 1. The Hall–Kier alpha value is -2.20. The van der Waals surface area contributed by atoms with Gasteiger partial charge in [0.15, 0.2) is 0 Å². The Morgan fingerprint density at radius 2 is 1.23 bits per heavy atom. The number of carbonyl (C=O) groups excluding carboxylic acids is 1. The lowest BCUT2D eigenvalue weighted by Crippen LogP contribution is -2.40. The number of carboxylic acid groups (broad SMARTS) is 3. The Morgan fingerprint density at radius 1 is 0.800 bits per heavy atom. The van der Waals surface area contributed by atoms with E-state index in [4.69, 9.17) is 26.8 Å². The number of hydrogen-bond donors (Lipinski definition) is 6. The van der Waals surface area contributed by atoms with Crippen molar-refractivity contribution in [1.82, 2.24) is 5.32 Å². The van der Waals surface area contributed by atoms with Gasteiger partial charge in [0.25, 0.3) is 0 Å². The smallest absolute Gasteiger partial charge is 0.326 e. The summed E-state index contributed by atoms with van der Waals surface area (Å²) in [7, 11) is 0. The topological polar surface area (TPSA) is 193 Å². The SMILES string of the molecule is CC(=O)NC(CC(C)C)C(=O)O.CC(C)CC(N)C(=O)O.CCCCC(N)C(=O)O. The van der Waals surface area contributed by atoms with Crippen molar-refractivity contribution in [2.24, 2.45) is 23.3 Å². The Labute approximate surface area is 179 Å². The van der Waals surface area contributed by atoms with E-state index in [-0.39, 0.29) is 11.8 Å². The van der Waals surface area contributed by atoms with Gasteiger partial charge in [0.1, 0.15) is 18.1 Å². The zero-order valence-electron chi connectivity index (χ0n) is 19.1. The molecule has 0 fully saturated rings. The van der Waals surface area contributed by atoms with E-state index in [1.807, 2.05) is 34.6 Å². The first-order chi connectivity index (χ1) is 13.6. The number of unbranched alkanes of at least 4 members (excludes halogenated alkanes) is 1. The van der Waals surface area contributed by atoms with E-state index in [1.165, 1.54) is 6.92 Å². The fourth-order valence-corrected chi connectivity index (χ4v) is 2.09. The minimum atomic E-state index is -0.973. The van der Waals surface area contributed by atoms with Crippen LogP contribution in [0.4, 0.5) is 0 Å². The summed E-state index contributed by atoms with van der Waals surface area (Å²) in [5.41, 5.74) is 10.4. The molecule has 0 spiro atoms. The molecule has 3 unspecified atom stereocenters. The number of carbonyl (C=O) groups is 4. The van der Waals surface area contributed by atoms with Gasteiger partial charge in [0, 0.05) is 6.92 Å². The van der Waals surface area contributed by atoms with Crippen LogP contribution in [0.3, 0.4) is 0 Å². The molecule has 8 N–H and O–H groups in total. The second-order valence-corrected chi connectivity index (χ2v) is 7.88. The Bertz CT molecular complexity index is 511. The summed E-state index contributed by atoms with van der Waals surface area (Å²) in [4.78, 5) is 41.3. The summed E-state index contributed by atoms with van der Waals surface area (Å²) >= 11 is 0. The Kier molecular flexibility index (Phi) is 20.3. The lowest BCUT2D eigenvalue weighted by Gasteiger charge is -2.14. The summed E-state index contributed by atoms with van der Waals surface area (Å²) < 4.78 is 0. The number of hydrogen-bond acceptors (Lipinski definition) is 6. The number of nitrogens with one attached hydrogen (secondary N) is 1. The van der Waals surface area contributed by atoms with E-state index < -0.39 is 36.0 Å². The maximum absolute atomic E-state index is 10.6. The Balaban J connectivity index is -0.000000371. The van der Waals surface area contributed by atoms with Crippen molar-refractivity contribution in [1.29, 1.82) is 0 Å². The van der Waals surface area contributed by atoms with Crippen molar-refractivity contribution in [3.8, 4) is 0 Å². The van der Waals surface area contributed by atoms with E-state index in [0.29, 0.717) is 25.2 Å². The standard InChI is InChI=1S/C8H15NO3.2C6H13NO2/c1-5(2)4-7(8(11)12)9-6(3)10;1-4(2)3-5(7)6(8)9;1-2-3-4-5(7)6(8)9/h5,7H,4H2,1-3H3,(H,9,10)(H,11,12);4-5H,3,7H2,1-2H3,(H,8,9);5H,2-4,7H2,1H3,(H,8,9). The maximum Gasteiger partial charge on any atom is 0.326 e. The summed E-state index contributed by atoms with van der Waals surface area (Å²) in [6, 6.07) is -2.10. The van der Waals surface area contributed by atoms with Gasteiger partial charge in [-0.3, -0.25) is 14.4 Å². The van der Waals surface area contributed by atoms with Crippen LogP contribution in [0.25, 0.3) is 0 Å². The molecule has 10 heteroatoms. The first kappa shape index (κ1) is 32.5. The van der Waals surface area contributed by atoms with Crippen molar-refractivity contribution in [3.63, 3.8) is 0 Å². The zero-order valence-corrected chi connectivity index (χ0v) is 19.1. The fourth-order valence-electron chi connectivity index (χ4n) is 2.09. The maximum atomic E-state index is 10.6. The summed E-state index contributed by atoms with van der Waals surface area (Å²) in [5.74, 6) is -2.47. The molecule has 3 atom stereocenters. The molecule has 0 radical (unpaired) electrons. The van der Waals surface area contributed by atoms with Crippen LogP contribution in [0.2, 0.25) is 0 Å². The van der Waals surface area contributed by atoms with Crippen LogP contribution in [0.15, 0.2) is 0 Å². The molecule has 0 aliphatic carbocycles. The largest absolute Gasteiger partial charge is 0.480 e. The number of rotatable bonds is 11.